The van der Waals surface area contributed by atoms with Crippen molar-refractivity contribution in [1.29, 1.82) is 0 Å². The Bertz CT molecular complexity index is 1510. The molecule has 2 aromatic heterocycles. The largest absolute Gasteiger partial charge is 0.349 e. The fraction of sp³-hybridized carbons (Fsp3) is 0.367. The minimum Gasteiger partial charge on any atom is -0.349 e. The number of piperazine rings is 1. The van der Waals surface area contributed by atoms with Crippen LogP contribution in [-0.4, -0.2) is 70.1 Å². The van der Waals surface area contributed by atoms with Crippen LogP contribution in [0.3, 0.4) is 0 Å². The van der Waals surface area contributed by atoms with E-state index in [4.69, 9.17) is 4.98 Å². The van der Waals surface area contributed by atoms with E-state index < -0.39 is 11.6 Å². The van der Waals surface area contributed by atoms with E-state index in [9.17, 15) is 13.6 Å². The molecular formula is C30H33F2N7O. The van der Waals surface area contributed by atoms with Crippen LogP contribution in [0.15, 0.2) is 60.9 Å². The molecule has 2 atom stereocenters. The van der Waals surface area contributed by atoms with E-state index in [0.29, 0.717) is 41.2 Å². The molecule has 2 fully saturated rings. The van der Waals surface area contributed by atoms with Gasteiger partial charge in [-0.3, -0.25) is 9.69 Å². The van der Waals surface area contributed by atoms with Crippen LogP contribution in [0.25, 0.3) is 5.65 Å². The van der Waals surface area contributed by atoms with Crippen LogP contribution in [-0.2, 0) is 0 Å². The summed E-state index contributed by atoms with van der Waals surface area (Å²) in [6, 6.07) is 13.1. The lowest BCUT2D eigenvalue weighted by Gasteiger charge is -2.36. The normalized spacial score (nSPS) is 19.3. The van der Waals surface area contributed by atoms with E-state index in [1.54, 1.807) is 23.0 Å². The summed E-state index contributed by atoms with van der Waals surface area (Å²) in [5.74, 6) is -0.520. The lowest BCUT2D eigenvalue weighted by atomic mass is 10.0. The molecule has 1 N–H and O–H groups in total. The minimum atomic E-state index is -0.464. The van der Waals surface area contributed by atoms with Crippen molar-refractivity contribution in [2.75, 3.05) is 50.0 Å². The summed E-state index contributed by atoms with van der Waals surface area (Å²) in [5.41, 5.74) is 3.02. The number of aromatic nitrogens is 3. The lowest BCUT2D eigenvalue weighted by molar-refractivity contribution is 0.102. The van der Waals surface area contributed by atoms with Gasteiger partial charge in [0.25, 0.3) is 5.91 Å². The predicted molar refractivity (Wildman–Crippen MR) is 151 cm³/mol. The first-order chi connectivity index (χ1) is 19.4. The van der Waals surface area contributed by atoms with Gasteiger partial charge in [0.1, 0.15) is 23.1 Å². The Morgan fingerprint density at radius 2 is 1.80 bits per heavy atom. The zero-order valence-corrected chi connectivity index (χ0v) is 22.7. The number of carbonyl (C=O) groups is 1. The van der Waals surface area contributed by atoms with Gasteiger partial charge in [-0.05, 0) is 68.8 Å². The Morgan fingerprint density at radius 1 is 1.02 bits per heavy atom. The van der Waals surface area contributed by atoms with E-state index >= 15 is 0 Å². The summed E-state index contributed by atoms with van der Waals surface area (Å²) in [6.07, 6.45) is 4.86. The first-order valence-corrected chi connectivity index (χ1v) is 13.8. The molecule has 6 rings (SSSR count). The molecule has 0 aliphatic carbocycles. The standard InChI is InChI=1S/C30H33F2N7O/c1-20(37-16-14-36(2)15-17-37)21-5-7-22(8-6-21)30(40)34-26-19-33-39-13-11-28(35-29(26)39)38-12-3-4-27(38)24-18-23(31)9-10-25(24)32/h5-11,13,18-20,27H,3-4,12,14-17H2,1-2H3,(H,34,40)/t20-,27+/m0/s1. The molecule has 2 aliphatic rings. The number of carbonyl (C=O) groups excluding carboxylic acids is 1. The second-order valence-electron chi connectivity index (χ2n) is 10.7. The third-order valence-electron chi connectivity index (χ3n) is 8.21. The first kappa shape index (κ1) is 26.3. The second kappa shape index (κ2) is 10.9. The van der Waals surface area contributed by atoms with E-state index in [1.165, 1.54) is 17.7 Å². The van der Waals surface area contributed by atoms with Crippen molar-refractivity contribution in [3.8, 4) is 0 Å². The molecule has 10 heteroatoms. The van der Waals surface area contributed by atoms with E-state index in [0.717, 1.165) is 38.7 Å². The van der Waals surface area contributed by atoms with Gasteiger partial charge in [-0.1, -0.05) is 12.1 Å². The summed E-state index contributed by atoms with van der Waals surface area (Å²) in [6.45, 7) is 7.04. The van der Waals surface area contributed by atoms with E-state index in [-0.39, 0.29) is 18.0 Å². The third kappa shape index (κ3) is 5.16. The maximum Gasteiger partial charge on any atom is 0.255 e. The SMILES string of the molecule is C[C@@H](c1ccc(C(=O)Nc2cnn3ccc(N4CCC[C@@H]4c4cc(F)ccc4F)nc23)cc1)N1CCN(C)CC1. The molecule has 0 unspecified atom stereocenters. The second-order valence-corrected chi connectivity index (χ2v) is 10.7. The highest BCUT2D eigenvalue weighted by atomic mass is 19.1. The van der Waals surface area contributed by atoms with Crippen LogP contribution in [0.5, 0.6) is 0 Å². The molecule has 0 spiro atoms. The molecule has 0 bridgehead atoms. The van der Waals surface area contributed by atoms with Crippen LogP contribution >= 0.6 is 0 Å². The summed E-state index contributed by atoms with van der Waals surface area (Å²) in [4.78, 5) is 24.7. The summed E-state index contributed by atoms with van der Waals surface area (Å²) >= 11 is 0. The van der Waals surface area contributed by atoms with Crippen LogP contribution in [0.4, 0.5) is 20.3 Å². The molecule has 0 radical (unpaired) electrons. The average molecular weight is 546 g/mol. The number of fused-ring (bicyclic) bond motifs is 1. The van der Waals surface area contributed by atoms with Crippen molar-refractivity contribution in [3.63, 3.8) is 0 Å². The highest BCUT2D eigenvalue weighted by molar-refractivity contribution is 6.06. The number of hydrogen-bond donors (Lipinski definition) is 1. The van der Waals surface area contributed by atoms with Crippen molar-refractivity contribution < 1.29 is 13.6 Å². The number of likely N-dealkylation sites (N-methyl/N-ethyl adjacent to an activating group) is 1. The maximum atomic E-state index is 14.6. The Kier molecular flexibility index (Phi) is 7.20. The zero-order chi connectivity index (χ0) is 27.8. The highest BCUT2D eigenvalue weighted by Crippen LogP contribution is 2.37. The number of amides is 1. The Hall–Kier alpha value is -3.89. The maximum absolute atomic E-state index is 14.6. The van der Waals surface area contributed by atoms with E-state index in [2.05, 4.69) is 34.2 Å². The molecule has 4 aromatic rings. The molecule has 1 amide bonds. The van der Waals surface area contributed by atoms with E-state index in [1.807, 2.05) is 29.2 Å². The van der Waals surface area contributed by atoms with Gasteiger partial charge in [-0.2, -0.15) is 5.10 Å². The molecule has 40 heavy (non-hydrogen) atoms. The fourth-order valence-corrected chi connectivity index (χ4v) is 5.77. The van der Waals surface area contributed by atoms with Gasteiger partial charge < -0.3 is 15.1 Å². The van der Waals surface area contributed by atoms with Crippen LogP contribution in [0.1, 0.15) is 53.3 Å². The van der Waals surface area contributed by atoms with Crippen molar-refractivity contribution in [2.45, 2.75) is 31.8 Å². The van der Waals surface area contributed by atoms with Gasteiger partial charge in [0.15, 0.2) is 5.65 Å². The van der Waals surface area contributed by atoms with Crippen molar-refractivity contribution in [2.24, 2.45) is 0 Å². The summed E-state index contributed by atoms with van der Waals surface area (Å²) < 4.78 is 30.1. The average Bonchev–Trinajstić information content (AvgIpc) is 3.62. The fourth-order valence-electron chi connectivity index (χ4n) is 5.77. The lowest BCUT2D eigenvalue weighted by Crippen LogP contribution is -2.45. The predicted octanol–water partition coefficient (Wildman–Crippen LogP) is 4.91. The van der Waals surface area contributed by atoms with Crippen molar-refractivity contribution >= 4 is 23.1 Å². The van der Waals surface area contributed by atoms with Gasteiger partial charge in [0.2, 0.25) is 0 Å². The Balaban J connectivity index is 1.19. The quantitative estimate of drug-likeness (QED) is 0.372. The number of benzene rings is 2. The first-order valence-electron chi connectivity index (χ1n) is 13.8. The monoisotopic (exact) mass is 545 g/mol. The number of nitrogens with one attached hydrogen (secondary N) is 1. The Labute approximate surface area is 232 Å². The molecule has 8 nitrogen and oxygen atoms in total. The smallest absolute Gasteiger partial charge is 0.255 e. The van der Waals surface area contributed by atoms with Crippen molar-refractivity contribution in [1.82, 2.24) is 24.4 Å². The molecule has 0 saturated carbocycles. The van der Waals surface area contributed by atoms with Gasteiger partial charge in [0, 0.05) is 56.1 Å². The summed E-state index contributed by atoms with van der Waals surface area (Å²) in [7, 11) is 2.15. The van der Waals surface area contributed by atoms with Gasteiger partial charge in [-0.15, -0.1) is 0 Å². The van der Waals surface area contributed by atoms with Crippen molar-refractivity contribution in [3.05, 3.63) is 89.2 Å². The number of rotatable bonds is 6. The molecule has 4 heterocycles. The third-order valence-corrected chi connectivity index (χ3v) is 8.21. The molecule has 208 valence electrons. The number of hydrogen-bond acceptors (Lipinski definition) is 6. The molecule has 2 aliphatic heterocycles. The zero-order valence-electron chi connectivity index (χ0n) is 22.7. The van der Waals surface area contributed by atoms with Gasteiger partial charge in [0.05, 0.1) is 12.2 Å². The Morgan fingerprint density at radius 3 is 2.58 bits per heavy atom. The van der Waals surface area contributed by atoms with Gasteiger partial charge >= 0.3 is 0 Å². The number of halogens is 2. The topological polar surface area (TPSA) is 69.0 Å². The molecule has 2 saturated heterocycles. The molecule has 2 aromatic carbocycles. The highest BCUT2D eigenvalue weighted by Gasteiger charge is 2.30. The molecular weight excluding hydrogens is 512 g/mol. The van der Waals surface area contributed by atoms with Crippen LogP contribution < -0.4 is 10.2 Å². The minimum absolute atomic E-state index is 0.248. The number of anilines is 2. The number of nitrogens with zero attached hydrogens (tertiary/aromatic N) is 6. The van der Waals surface area contributed by atoms with Crippen LogP contribution in [0, 0.1) is 11.6 Å². The van der Waals surface area contributed by atoms with Gasteiger partial charge in [-0.25, -0.2) is 18.3 Å². The van der Waals surface area contributed by atoms with Crippen LogP contribution in [0.2, 0.25) is 0 Å². The summed E-state index contributed by atoms with van der Waals surface area (Å²) in [5, 5.41) is 7.28.